The van der Waals surface area contributed by atoms with E-state index in [0.717, 1.165) is 14.2 Å². The molecule has 1 heterocycles. The van der Waals surface area contributed by atoms with E-state index in [4.69, 9.17) is 15.2 Å². The number of carbonyl (C=O) groups is 2. The summed E-state index contributed by atoms with van der Waals surface area (Å²) in [4.78, 5) is 34.3. The van der Waals surface area contributed by atoms with Crippen molar-refractivity contribution in [3.63, 3.8) is 0 Å². The number of allylic oxidation sites excluding steroid dienone is 1. The number of carbonyl (C=O) groups excluding carboxylic acids is 2. The summed E-state index contributed by atoms with van der Waals surface area (Å²) in [6.07, 6.45) is -0.413. The Morgan fingerprint density at radius 1 is 1.30 bits per heavy atom. The van der Waals surface area contributed by atoms with E-state index in [1.54, 1.807) is 0 Å². The van der Waals surface area contributed by atoms with Gasteiger partial charge >= 0.3 is 11.9 Å². The molecule has 0 aliphatic carbocycles. The summed E-state index contributed by atoms with van der Waals surface area (Å²) in [6, 6.07) is 7.10. The molecule has 1 aliphatic heterocycles. The number of nitrogens with zero attached hydrogens (tertiary/aromatic N) is 2. The second kappa shape index (κ2) is 8.01. The molecule has 0 radical (unpaired) electrons. The summed E-state index contributed by atoms with van der Waals surface area (Å²) in [6.45, 7) is 0. The maximum absolute atomic E-state index is 12.4. The lowest BCUT2D eigenvalue weighted by Crippen LogP contribution is -2.26. The van der Waals surface area contributed by atoms with Gasteiger partial charge in [-0.1, -0.05) is 12.1 Å². The number of hydrogen-bond donors (Lipinski definition) is 1. The molecule has 0 saturated carbocycles. The van der Waals surface area contributed by atoms with E-state index in [1.165, 1.54) is 24.3 Å². The Hall–Kier alpha value is -3.87. The van der Waals surface area contributed by atoms with Crippen molar-refractivity contribution in [3.8, 4) is 6.07 Å². The Balaban J connectivity index is 2.66. The van der Waals surface area contributed by atoms with E-state index < -0.39 is 29.2 Å². The van der Waals surface area contributed by atoms with Crippen LogP contribution in [0.15, 0.2) is 47.1 Å². The van der Waals surface area contributed by atoms with E-state index in [1.807, 2.05) is 6.07 Å². The average Bonchev–Trinajstić information content (AvgIpc) is 2.66. The normalized spacial score (nSPS) is 16.3. The van der Waals surface area contributed by atoms with E-state index >= 15 is 0 Å². The van der Waals surface area contributed by atoms with Crippen LogP contribution in [0.5, 0.6) is 0 Å². The molecular formula is C17H15N3O7. The van der Waals surface area contributed by atoms with E-state index in [9.17, 15) is 25.0 Å². The molecule has 0 bridgehead atoms. The molecule has 27 heavy (non-hydrogen) atoms. The Kier molecular flexibility index (Phi) is 5.77. The van der Waals surface area contributed by atoms with Crippen molar-refractivity contribution in [2.75, 3.05) is 14.2 Å². The number of ether oxygens (including phenoxy) is 3. The van der Waals surface area contributed by atoms with Crippen molar-refractivity contribution in [3.05, 3.63) is 62.7 Å². The summed E-state index contributed by atoms with van der Waals surface area (Å²) in [5, 5.41) is 20.3. The number of non-ortho nitro benzene ring substituents is 1. The highest BCUT2D eigenvalue weighted by Crippen LogP contribution is 2.40. The van der Waals surface area contributed by atoms with Gasteiger partial charge in [-0.2, -0.15) is 5.26 Å². The van der Waals surface area contributed by atoms with Crippen LogP contribution >= 0.6 is 0 Å². The minimum absolute atomic E-state index is 0.0853. The molecule has 2 rings (SSSR count). The molecule has 0 aromatic heterocycles. The summed E-state index contributed by atoms with van der Waals surface area (Å²) in [5.41, 5.74) is 5.80. The fourth-order valence-electron chi connectivity index (χ4n) is 2.61. The first kappa shape index (κ1) is 19.5. The molecule has 2 N–H and O–H groups in total. The van der Waals surface area contributed by atoms with Crippen LogP contribution in [0.3, 0.4) is 0 Å². The Labute approximate surface area is 153 Å². The number of nitro groups is 1. The quantitative estimate of drug-likeness (QED) is 0.458. The van der Waals surface area contributed by atoms with Crippen LogP contribution in [0.25, 0.3) is 0 Å². The number of methoxy groups -OCH3 is 2. The zero-order valence-corrected chi connectivity index (χ0v) is 14.4. The summed E-state index contributed by atoms with van der Waals surface area (Å²) in [7, 11) is 2.29. The first-order valence-electron chi connectivity index (χ1n) is 7.54. The molecule has 1 aliphatic rings. The lowest BCUT2D eigenvalue weighted by molar-refractivity contribution is -0.384. The van der Waals surface area contributed by atoms with Gasteiger partial charge in [0.05, 0.1) is 30.6 Å². The van der Waals surface area contributed by atoms with Crippen LogP contribution in [-0.2, 0) is 23.8 Å². The summed E-state index contributed by atoms with van der Waals surface area (Å²) >= 11 is 0. The smallest absolute Gasteiger partial charge is 0.338 e. The summed E-state index contributed by atoms with van der Waals surface area (Å²) in [5.74, 6) is -2.95. The number of rotatable bonds is 5. The molecule has 10 nitrogen and oxygen atoms in total. The van der Waals surface area contributed by atoms with Gasteiger partial charge in [0.2, 0.25) is 5.88 Å². The SMILES string of the molecule is COC(=O)CC1=C(C(=O)OC)[C@H](c2ccc([N+](=O)[O-])cc2)C(C#N)=C(N)O1. The van der Waals surface area contributed by atoms with Crippen LogP contribution < -0.4 is 5.73 Å². The molecule has 1 aromatic carbocycles. The van der Waals surface area contributed by atoms with Crippen LogP contribution in [0, 0.1) is 21.4 Å². The van der Waals surface area contributed by atoms with Crippen molar-refractivity contribution in [2.24, 2.45) is 5.73 Å². The maximum atomic E-state index is 12.4. The maximum Gasteiger partial charge on any atom is 0.338 e. The third-order valence-electron chi connectivity index (χ3n) is 3.87. The highest BCUT2D eigenvalue weighted by atomic mass is 16.6. The lowest BCUT2D eigenvalue weighted by atomic mass is 9.82. The van der Waals surface area contributed by atoms with Gasteiger partial charge in [0.25, 0.3) is 5.69 Å². The van der Waals surface area contributed by atoms with E-state index in [2.05, 4.69) is 4.74 Å². The lowest BCUT2D eigenvalue weighted by Gasteiger charge is -2.27. The fraction of sp³-hybridized carbons (Fsp3) is 0.235. The van der Waals surface area contributed by atoms with Crippen LogP contribution in [0.4, 0.5) is 5.69 Å². The third kappa shape index (κ3) is 3.87. The Morgan fingerprint density at radius 2 is 1.93 bits per heavy atom. The monoisotopic (exact) mass is 373 g/mol. The standard InChI is InChI=1S/C17H15N3O7/c1-25-13(21)7-12-15(17(22)26-2)14(11(8-18)16(19)27-12)9-3-5-10(6-4-9)20(23)24/h3-6,14H,7,19H2,1-2H3/t14-/m1/s1. The van der Waals surface area contributed by atoms with Crippen molar-refractivity contribution in [2.45, 2.75) is 12.3 Å². The van der Waals surface area contributed by atoms with Gasteiger partial charge in [-0.3, -0.25) is 14.9 Å². The fourth-order valence-corrected chi connectivity index (χ4v) is 2.61. The van der Waals surface area contributed by atoms with Gasteiger partial charge in [-0.15, -0.1) is 0 Å². The minimum Gasteiger partial charge on any atom is -0.469 e. The first-order chi connectivity index (χ1) is 12.8. The van der Waals surface area contributed by atoms with Crippen molar-refractivity contribution < 1.29 is 28.7 Å². The van der Waals surface area contributed by atoms with E-state index in [0.29, 0.717) is 5.56 Å². The molecule has 0 saturated heterocycles. The average molecular weight is 373 g/mol. The van der Waals surface area contributed by atoms with Gasteiger partial charge in [-0.25, -0.2) is 4.79 Å². The number of benzene rings is 1. The zero-order chi connectivity index (χ0) is 20.1. The molecule has 1 atom stereocenters. The molecule has 0 unspecified atom stereocenters. The molecular weight excluding hydrogens is 358 g/mol. The molecule has 0 amide bonds. The largest absolute Gasteiger partial charge is 0.469 e. The predicted octanol–water partition coefficient (Wildman–Crippen LogP) is 1.39. The zero-order valence-electron chi connectivity index (χ0n) is 14.4. The van der Waals surface area contributed by atoms with Gasteiger partial charge in [0.1, 0.15) is 23.8 Å². The van der Waals surface area contributed by atoms with Gasteiger partial charge in [0.15, 0.2) is 0 Å². The minimum atomic E-state index is -1.02. The van der Waals surface area contributed by atoms with E-state index in [-0.39, 0.29) is 28.5 Å². The van der Waals surface area contributed by atoms with Gasteiger partial charge in [0, 0.05) is 12.1 Å². The molecule has 0 fully saturated rings. The van der Waals surface area contributed by atoms with Crippen molar-refractivity contribution in [1.82, 2.24) is 0 Å². The van der Waals surface area contributed by atoms with Crippen LogP contribution in [-0.4, -0.2) is 31.1 Å². The Bertz CT molecular complexity index is 894. The van der Waals surface area contributed by atoms with Gasteiger partial charge in [-0.05, 0) is 5.56 Å². The number of esters is 2. The number of nitrogens with two attached hydrogens (primary N) is 1. The topological polar surface area (TPSA) is 155 Å². The molecule has 0 spiro atoms. The summed E-state index contributed by atoms with van der Waals surface area (Å²) < 4.78 is 14.7. The highest BCUT2D eigenvalue weighted by molar-refractivity contribution is 5.93. The first-order valence-corrected chi connectivity index (χ1v) is 7.54. The predicted molar refractivity (Wildman–Crippen MR) is 89.4 cm³/mol. The molecule has 1 aromatic rings. The van der Waals surface area contributed by atoms with Crippen molar-refractivity contribution >= 4 is 17.6 Å². The third-order valence-corrected chi connectivity index (χ3v) is 3.87. The van der Waals surface area contributed by atoms with Gasteiger partial charge < -0.3 is 19.9 Å². The second-order valence-electron chi connectivity index (χ2n) is 5.35. The van der Waals surface area contributed by atoms with Crippen LogP contribution in [0.2, 0.25) is 0 Å². The Morgan fingerprint density at radius 3 is 2.41 bits per heavy atom. The molecule has 10 heteroatoms. The number of nitriles is 1. The number of nitro benzene ring substituents is 1. The molecule has 140 valence electrons. The second-order valence-corrected chi connectivity index (χ2v) is 5.35. The van der Waals surface area contributed by atoms with Crippen LogP contribution in [0.1, 0.15) is 17.9 Å². The number of hydrogen-bond acceptors (Lipinski definition) is 9. The van der Waals surface area contributed by atoms with Crippen molar-refractivity contribution in [1.29, 1.82) is 5.26 Å². The highest BCUT2D eigenvalue weighted by Gasteiger charge is 2.38.